The molecular formula is C16H30O2. The lowest BCUT2D eigenvalue weighted by molar-refractivity contribution is -0.110. The third kappa shape index (κ3) is 3.27. The first-order valence-corrected chi connectivity index (χ1v) is 7.72. The van der Waals surface area contributed by atoms with Crippen molar-refractivity contribution in [2.24, 2.45) is 17.3 Å². The van der Waals surface area contributed by atoms with Gasteiger partial charge in [0.2, 0.25) is 0 Å². The lowest BCUT2D eigenvalue weighted by Gasteiger charge is -2.48. The van der Waals surface area contributed by atoms with Crippen molar-refractivity contribution in [3.63, 3.8) is 0 Å². The van der Waals surface area contributed by atoms with Crippen LogP contribution in [0.4, 0.5) is 0 Å². The van der Waals surface area contributed by atoms with Crippen LogP contribution in [-0.4, -0.2) is 23.9 Å². The van der Waals surface area contributed by atoms with Crippen molar-refractivity contribution in [2.75, 3.05) is 13.2 Å². The second-order valence-electron chi connectivity index (χ2n) is 7.53. The molecule has 2 atom stereocenters. The van der Waals surface area contributed by atoms with Crippen molar-refractivity contribution in [2.45, 2.75) is 71.3 Å². The number of aliphatic hydroxyl groups is 1. The van der Waals surface area contributed by atoms with E-state index in [4.69, 9.17) is 4.74 Å². The summed E-state index contributed by atoms with van der Waals surface area (Å²) in [5.74, 6) is 1.13. The van der Waals surface area contributed by atoms with Crippen molar-refractivity contribution in [1.29, 1.82) is 0 Å². The van der Waals surface area contributed by atoms with Gasteiger partial charge < -0.3 is 9.84 Å². The predicted molar refractivity (Wildman–Crippen MR) is 74.5 cm³/mol. The molecule has 18 heavy (non-hydrogen) atoms. The fourth-order valence-corrected chi connectivity index (χ4v) is 4.16. The van der Waals surface area contributed by atoms with Gasteiger partial charge in [0, 0.05) is 13.2 Å². The van der Waals surface area contributed by atoms with Crippen LogP contribution in [0.3, 0.4) is 0 Å². The van der Waals surface area contributed by atoms with Crippen LogP contribution >= 0.6 is 0 Å². The first-order valence-electron chi connectivity index (χ1n) is 7.72. The summed E-state index contributed by atoms with van der Waals surface area (Å²) in [7, 11) is 0. The molecule has 0 aromatic carbocycles. The summed E-state index contributed by atoms with van der Waals surface area (Å²) in [6.45, 7) is 8.65. The third-order valence-corrected chi connectivity index (χ3v) is 5.03. The Morgan fingerprint density at radius 1 is 1.11 bits per heavy atom. The molecule has 1 heterocycles. The molecule has 2 heteroatoms. The quantitative estimate of drug-likeness (QED) is 0.813. The van der Waals surface area contributed by atoms with Gasteiger partial charge in [-0.25, -0.2) is 0 Å². The fourth-order valence-electron chi connectivity index (χ4n) is 4.16. The number of hydrogen-bond acceptors (Lipinski definition) is 2. The monoisotopic (exact) mass is 254 g/mol. The van der Waals surface area contributed by atoms with E-state index < -0.39 is 5.60 Å². The zero-order chi connectivity index (χ0) is 13.2. The summed E-state index contributed by atoms with van der Waals surface area (Å²) in [6.07, 6.45) is 7.97. The fraction of sp³-hybridized carbons (Fsp3) is 1.00. The molecule has 2 rings (SSSR count). The molecule has 106 valence electrons. The van der Waals surface area contributed by atoms with Gasteiger partial charge in [0.25, 0.3) is 0 Å². The van der Waals surface area contributed by atoms with Crippen molar-refractivity contribution in [3.05, 3.63) is 0 Å². The average Bonchev–Trinajstić information content (AvgIpc) is 2.28. The van der Waals surface area contributed by atoms with Crippen LogP contribution in [0.25, 0.3) is 0 Å². The van der Waals surface area contributed by atoms with Gasteiger partial charge in [0.1, 0.15) is 0 Å². The van der Waals surface area contributed by atoms with Gasteiger partial charge in [-0.15, -0.1) is 0 Å². The minimum Gasteiger partial charge on any atom is -0.390 e. The van der Waals surface area contributed by atoms with Crippen LogP contribution < -0.4 is 0 Å². The molecule has 0 aromatic heterocycles. The van der Waals surface area contributed by atoms with Crippen LogP contribution in [0.15, 0.2) is 0 Å². The van der Waals surface area contributed by atoms with Gasteiger partial charge in [-0.2, -0.15) is 0 Å². The standard InChI is InChI=1S/C16H30O2/c1-15(2,3)14-6-4-5-9-16(14,17)12-13-7-10-18-11-8-13/h13-14,17H,4-12H2,1-3H3. The molecule has 2 unspecified atom stereocenters. The molecule has 0 bridgehead atoms. The first kappa shape index (κ1) is 14.3. The molecule has 0 radical (unpaired) electrons. The van der Waals surface area contributed by atoms with E-state index in [9.17, 15) is 5.11 Å². The molecule has 0 aromatic rings. The van der Waals surface area contributed by atoms with Gasteiger partial charge >= 0.3 is 0 Å². The van der Waals surface area contributed by atoms with E-state index in [1.54, 1.807) is 0 Å². The summed E-state index contributed by atoms with van der Waals surface area (Å²) >= 11 is 0. The SMILES string of the molecule is CC(C)(C)C1CCCCC1(O)CC1CCOCC1. The maximum atomic E-state index is 11.2. The normalized spacial score (nSPS) is 35.7. The summed E-state index contributed by atoms with van der Waals surface area (Å²) in [6, 6.07) is 0. The zero-order valence-corrected chi connectivity index (χ0v) is 12.4. The van der Waals surface area contributed by atoms with Gasteiger partial charge in [-0.1, -0.05) is 33.6 Å². The number of ether oxygens (including phenoxy) is 1. The van der Waals surface area contributed by atoms with Crippen LogP contribution in [-0.2, 0) is 4.74 Å². The topological polar surface area (TPSA) is 29.5 Å². The zero-order valence-electron chi connectivity index (χ0n) is 12.4. The van der Waals surface area contributed by atoms with Gasteiger partial charge in [0.05, 0.1) is 5.60 Å². The largest absolute Gasteiger partial charge is 0.390 e. The minimum atomic E-state index is -0.418. The van der Waals surface area contributed by atoms with Gasteiger partial charge in [0.15, 0.2) is 0 Å². The predicted octanol–water partition coefficient (Wildman–Crippen LogP) is 3.77. The maximum absolute atomic E-state index is 11.2. The molecule has 2 nitrogen and oxygen atoms in total. The lowest BCUT2D eigenvalue weighted by Crippen LogP contribution is -2.48. The van der Waals surface area contributed by atoms with Gasteiger partial charge in [-0.05, 0) is 49.4 Å². The van der Waals surface area contributed by atoms with Crippen LogP contribution in [0.2, 0.25) is 0 Å². The highest BCUT2D eigenvalue weighted by Gasteiger charge is 2.45. The third-order valence-electron chi connectivity index (χ3n) is 5.03. The Hall–Kier alpha value is -0.0800. The molecule has 0 amide bonds. The summed E-state index contributed by atoms with van der Waals surface area (Å²) in [5.41, 5.74) is -0.196. The molecular weight excluding hydrogens is 224 g/mol. The van der Waals surface area contributed by atoms with Crippen molar-refractivity contribution < 1.29 is 9.84 Å². The Morgan fingerprint density at radius 2 is 1.78 bits per heavy atom. The highest BCUT2D eigenvalue weighted by molar-refractivity contribution is 4.96. The summed E-state index contributed by atoms with van der Waals surface area (Å²) < 4.78 is 5.43. The van der Waals surface area contributed by atoms with Crippen molar-refractivity contribution >= 4 is 0 Å². The number of rotatable bonds is 2. The van der Waals surface area contributed by atoms with Crippen molar-refractivity contribution in [1.82, 2.24) is 0 Å². The van der Waals surface area contributed by atoms with E-state index in [0.29, 0.717) is 11.8 Å². The van der Waals surface area contributed by atoms with Crippen molar-refractivity contribution in [3.8, 4) is 0 Å². The first-order chi connectivity index (χ1) is 8.42. The van der Waals surface area contributed by atoms with Crippen LogP contribution in [0.1, 0.15) is 65.7 Å². The van der Waals surface area contributed by atoms with E-state index >= 15 is 0 Å². The smallest absolute Gasteiger partial charge is 0.0683 e. The Balaban J connectivity index is 2.04. The van der Waals surface area contributed by atoms with E-state index in [2.05, 4.69) is 20.8 Å². The highest BCUT2D eigenvalue weighted by Crippen LogP contribution is 2.47. The molecule has 1 aliphatic carbocycles. The number of hydrogen-bond donors (Lipinski definition) is 1. The lowest BCUT2D eigenvalue weighted by atomic mass is 9.61. The Morgan fingerprint density at radius 3 is 2.39 bits per heavy atom. The second-order valence-corrected chi connectivity index (χ2v) is 7.53. The van der Waals surface area contributed by atoms with Crippen LogP contribution in [0, 0.1) is 17.3 Å². The second kappa shape index (κ2) is 5.50. The minimum absolute atomic E-state index is 0.223. The average molecular weight is 254 g/mol. The summed E-state index contributed by atoms with van der Waals surface area (Å²) in [5, 5.41) is 11.2. The Kier molecular flexibility index (Phi) is 4.38. The Labute approximate surface area is 112 Å². The van der Waals surface area contributed by atoms with E-state index in [1.807, 2.05) is 0 Å². The maximum Gasteiger partial charge on any atom is 0.0683 e. The molecule has 1 saturated heterocycles. The van der Waals surface area contributed by atoms with E-state index in [-0.39, 0.29) is 5.41 Å². The highest BCUT2D eigenvalue weighted by atomic mass is 16.5. The molecule has 0 spiro atoms. The molecule has 1 saturated carbocycles. The molecule has 2 aliphatic rings. The van der Waals surface area contributed by atoms with Gasteiger partial charge in [-0.3, -0.25) is 0 Å². The van der Waals surface area contributed by atoms with E-state index in [1.165, 1.54) is 19.3 Å². The molecule has 1 N–H and O–H groups in total. The summed E-state index contributed by atoms with van der Waals surface area (Å²) in [4.78, 5) is 0. The molecule has 1 aliphatic heterocycles. The Bertz CT molecular complexity index is 263. The van der Waals surface area contributed by atoms with E-state index in [0.717, 1.165) is 38.9 Å². The van der Waals surface area contributed by atoms with Crippen LogP contribution in [0.5, 0.6) is 0 Å². The molecule has 2 fully saturated rings.